The lowest BCUT2D eigenvalue weighted by Crippen LogP contribution is -2.60. The number of rotatable bonds is 8. The van der Waals surface area contributed by atoms with Crippen LogP contribution in [0.1, 0.15) is 46.0 Å². The van der Waals surface area contributed by atoms with Crippen molar-refractivity contribution in [2.45, 2.75) is 74.8 Å². The van der Waals surface area contributed by atoms with E-state index in [9.17, 15) is 26.8 Å². The Balaban J connectivity index is 1.31. The smallest absolute Gasteiger partial charge is 0.461 e. The summed E-state index contributed by atoms with van der Waals surface area (Å²) in [5.41, 5.74) is -0.654. The molecule has 0 aromatic heterocycles. The lowest BCUT2D eigenvalue weighted by atomic mass is 9.53. The van der Waals surface area contributed by atoms with Gasteiger partial charge in [0.25, 0.3) is 0 Å². The van der Waals surface area contributed by atoms with Crippen molar-refractivity contribution in [3.8, 4) is 0 Å². The first kappa shape index (κ1) is 24.7. The molecule has 0 aromatic carbocycles. The predicted molar refractivity (Wildman–Crippen MR) is 104 cm³/mol. The van der Waals surface area contributed by atoms with E-state index < -0.39 is 44.8 Å². The Labute approximate surface area is 190 Å². The van der Waals surface area contributed by atoms with E-state index in [1.165, 1.54) is 0 Å². The third-order valence-corrected chi connectivity index (χ3v) is 7.74. The summed E-state index contributed by atoms with van der Waals surface area (Å²) in [6.45, 7) is 3.59. The maximum Gasteiger partial charge on any atom is 0.465 e. The minimum Gasteiger partial charge on any atom is -0.461 e. The standard InChI is InChI=1S/C20H28F2O10S/c1-18(2)29-9-14(32-18)8-28-15(23)10-30-19-5-11-3-12(6-19)16(13(4-11)7-19)31-17(24)20(21,22)33(25,26)27/h11-14,16H,3-10H2,1-2H3,(H,25,26,27). The quantitative estimate of drug-likeness (QED) is 0.389. The van der Waals surface area contributed by atoms with E-state index in [1.54, 1.807) is 13.8 Å². The fraction of sp³-hybridized carbons (Fsp3) is 0.900. The average molecular weight is 498 g/mol. The molecule has 1 heterocycles. The molecule has 5 aliphatic rings. The van der Waals surface area contributed by atoms with Gasteiger partial charge in [0.1, 0.15) is 25.4 Å². The molecular formula is C20H28F2O10S. The summed E-state index contributed by atoms with van der Waals surface area (Å²) in [6.07, 6.45) is 1.45. The van der Waals surface area contributed by atoms with Crippen LogP contribution >= 0.6 is 0 Å². The zero-order valence-electron chi connectivity index (χ0n) is 18.3. The first-order valence-corrected chi connectivity index (χ1v) is 12.3. The number of carbonyl (C=O) groups is 2. The van der Waals surface area contributed by atoms with Crippen molar-refractivity contribution >= 4 is 22.1 Å². The van der Waals surface area contributed by atoms with E-state index >= 15 is 0 Å². The molecule has 4 saturated carbocycles. The fourth-order valence-electron chi connectivity index (χ4n) is 5.85. The number of halogens is 2. The Hall–Kier alpha value is -1.41. The molecule has 10 nitrogen and oxygen atoms in total. The van der Waals surface area contributed by atoms with Crippen LogP contribution in [0.3, 0.4) is 0 Å². The highest BCUT2D eigenvalue weighted by Gasteiger charge is 2.60. The second kappa shape index (κ2) is 8.36. The van der Waals surface area contributed by atoms with Gasteiger partial charge in [-0.25, -0.2) is 9.59 Å². The van der Waals surface area contributed by atoms with Crippen molar-refractivity contribution in [1.29, 1.82) is 0 Å². The lowest BCUT2D eigenvalue weighted by molar-refractivity contribution is -0.222. The Bertz CT molecular complexity index is 889. The van der Waals surface area contributed by atoms with Gasteiger partial charge < -0.3 is 23.7 Å². The molecule has 33 heavy (non-hydrogen) atoms. The summed E-state index contributed by atoms with van der Waals surface area (Å²) in [5, 5.41) is -5.02. The molecule has 1 aliphatic heterocycles. The van der Waals surface area contributed by atoms with Crippen LogP contribution in [0.2, 0.25) is 0 Å². The molecule has 0 aromatic rings. The van der Waals surface area contributed by atoms with Crippen LogP contribution in [0.15, 0.2) is 0 Å². The van der Waals surface area contributed by atoms with E-state index in [1.807, 2.05) is 0 Å². The minimum absolute atomic E-state index is 0.0342. The summed E-state index contributed by atoms with van der Waals surface area (Å²) in [5.74, 6) is -3.95. The Kier molecular flexibility index (Phi) is 6.26. The van der Waals surface area contributed by atoms with E-state index in [2.05, 4.69) is 0 Å². The monoisotopic (exact) mass is 498 g/mol. The maximum absolute atomic E-state index is 13.6. The molecule has 3 unspecified atom stereocenters. The summed E-state index contributed by atoms with van der Waals surface area (Å²) in [7, 11) is -5.93. The Morgan fingerprint density at radius 1 is 1.15 bits per heavy atom. The van der Waals surface area contributed by atoms with Crippen LogP contribution < -0.4 is 0 Å². The zero-order chi connectivity index (χ0) is 24.2. The van der Waals surface area contributed by atoms with Gasteiger partial charge in [-0.15, -0.1) is 0 Å². The molecule has 0 amide bonds. The highest BCUT2D eigenvalue weighted by Crippen LogP contribution is 2.58. The number of carbonyl (C=O) groups excluding carboxylic acids is 2. The Morgan fingerprint density at radius 2 is 1.79 bits per heavy atom. The van der Waals surface area contributed by atoms with Crippen molar-refractivity contribution in [2.75, 3.05) is 19.8 Å². The molecule has 5 rings (SSSR count). The van der Waals surface area contributed by atoms with Crippen molar-refractivity contribution in [3.63, 3.8) is 0 Å². The lowest BCUT2D eigenvalue weighted by Gasteiger charge is -2.58. The van der Waals surface area contributed by atoms with Gasteiger partial charge in [0, 0.05) is 0 Å². The average Bonchev–Trinajstić information content (AvgIpc) is 3.05. The largest absolute Gasteiger partial charge is 0.465 e. The highest BCUT2D eigenvalue weighted by atomic mass is 32.2. The van der Waals surface area contributed by atoms with Crippen LogP contribution in [-0.4, -0.2) is 73.6 Å². The maximum atomic E-state index is 13.6. The summed E-state index contributed by atoms with van der Waals surface area (Å²) in [4.78, 5) is 24.0. The SMILES string of the molecule is CC1(C)OCC(COC(=O)COC23CC4CC(C2)C(OC(=O)C(F)(F)S(=O)(=O)O)C(C4)C3)O1. The minimum atomic E-state index is -5.93. The molecule has 0 radical (unpaired) electrons. The van der Waals surface area contributed by atoms with Crippen LogP contribution in [0.5, 0.6) is 0 Å². The van der Waals surface area contributed by atoms with Gasteiger partial charge in [0.2, 0.25) is 0 Å². The first-order valence-electron chi connectivity index (χ1n) is 10.9. The van der Waals surface area contributed by atoms with Gasteiger partial charge in [-0.1, -0.05) is 0 Å². The van der Waals surface area contributed by atoms with Crippen molar-refractivity contribution in [2.24, 2.45) is 17.8 Å². The molecule has 5 fully saturated rings. The van der Waals surface area contributed by atoms with Crippen molar-refractivity contribution < 1.29 is 55.0 Å². The van der Waals surface area contributed by atoms with Crippen LogP contribution in [-0.2, 0) is 43.4 Å². The van der Waals surface area contributed by atoms with Gasteiger partial charge >= 0.3 is 27.3 Å². The summed E-state index contributed by atoms with van der Waals surface area (Å²) < 4.78 is 84.7. The summed E-state index contributed by atoms with van der Waals surface area (Å²) in [6, 6.07) is 0. The number of esters is 2. The van der Waals surface area contributed by atoms with Crippen LogP contribution in [0.4, 0.5) is 8.78 Å². The molecule has 188 valence electrons. The fourth-order valence-corrected chi connectivity index (χ4v) is 6.11. The van der Waals surface area contributed by atoms with E-state index in [4.69, 9.17) is 28.2 Å². The topological polar surface area (TPSA) is 135 Å². The van der Waals surface area contributed by atoms with Crippen LogP contribution in [0.25, 0.3) is 0 Å². The van der Waals surface area contributed by atoms with E-state index in [0.29, 0.717) is 38.7 Å². The number of hydrogen-bond acceptors (Lipinski definition) is 9. The normalized spacial score (nSPS) is 37.2. The molecular weight excluding hydrogens is 470 g/mol. The highest BCUT2D eigenvalue weighted by molar-refractivity contribution is 7.87. The van der Waals surface area contributed by atoms with Crippen LogP contribution in [0, 0.1) is 17.8 Å². The summed E-state index contributed by atoms with van der Waals surface area (Å²) >= 11 is 0. The number of hydrogen-bond donors (Lipinski definition) is 1. The van der Waals surface area contributed by atoms with E-state index in [0.717, 1.165) is 0 Å². The Morgan fingerprint density at radius 3 is 2.33 bits per heavy atom. The first-order chi connectivity index (χ1) is 15.2. The van der Waals surface area contributed by atoms with Gasteiger partial charge in [-0.2, -0.15) is 17.2 Å². The predicted octanol–water partition coefficient (Wildman–Crippen LogP) is 1.67. The second-order valence-electron chi connectivity index (χ2n) is 9.94. The zero-order valence-corrected chi connectivity index (χ0v) is 19.1. The molecule has 13 heteroatoms. The molecule has 4 bridgehead atoms. The molecule has 4 aliphatic carbocycles. The van der Waals surface area contributed by atoms with Gasteiger partial charge in [0.05, 0.1) is 12.2 Å². The van der Waals surface area contributed by atoms with Gasteiger partial charge in [-0.05, 0) is 63.7 Å². The van der Waals surface area contributed by atoms with Crippen molar-refractivity contribution in [3.05, 3.63) is 0 Å². The number of ether oxygens (including phenoxy) is 5. The third kappa shape index (κ3) is 5.02. The van der Waals surface area contributed by atoms with Crippen molar-refractivity contribution in [1.82, 2.24) is 0 Å². The van der Waals surface area contributed by atoms with E-state index in [-0.39, 0.29) is 37.1 Å². The third-order valence-electron chi connectivity index (χ3n) is 6.93. The van der Waals surface area contributed by atoms with Gasteiger partial charge in [-0.3, -0.25) is 4.55 Å². The molecule has 1 saturated heterocycles. The van der Waals surface area contributed by atoms with Gasteiger partial charge in [0.15, 0.2) is 5.79 Å². The molecule has 3 atom stereocenters. The second-order valence-corrected chi connectivity index (χ2v) is 11.4. The molecule has 0 spiro atoms. The molecule has 1 N–H and O–H groups in total. The number of alkyl halides is 2.